The number of rotatable bonds is 9. The highest BCUT2D eigenvalue weighted by atomic mass is 16.5. The zero-order valence-corrected chi connectivity index (χ0v) is 34.6. The van der Waals surface area contributed by atoms with Gasteiger partial charge in [-0.2, -0.15) is 0 Å². The molecule has 10 rings (SSSR count). The second kappa shape index (κ2) is 17.2. The summed E-state index contributed by atoms with van der Waals surface area (Å²) in [5, 5.41) is 12.1. The second-order valence-electron chi connectivity index (χ2n) is 17.8. The lowest BCUT2D eigenvalue weighted by Gasteiger charge is -2.54. The fraction of sp³-hybridized carbons (Fsp3) is 0.449. The number of aromatic hydroxyl groups is 1. The molecule has 4 aromatic carbocycles. The highest BCUT2D eigenvalue weighted by molar-refractivity contribution is 6.00. The summed E-state index contributed by atoms with van der Waals surface area (Å²) >= 11 is 0. The number of piperazine rings is 1. The lowest BCUT2D eigenvalue weighted by atomic mass is 9.57. The summed E-state index contributed by atoms with van der Waals surface area (Å²) in [7, 11) is 0. The molecule has 1 aliphatic carbocycles. The number of hydrogen-bond acceptors (Lipinski definition) is 9. The van der Waals surface area contributed by atoms with Crippen molar-refractivity contribution in [1.82, 2.24) is 15.1 Å². The molecule has 314 valence electrons. The molecule has 0 radical (unpaired) electrons. The molecule has 6 aliphatic rings. The number of nitrogens with one attached hydrogen (secondary N) is 1. The summed E-state index contributed by atoms with van der Waals surface area (Å²) < 4.78 is 12.3. The smallest absolute Gasteiger partial charge is 0.254 e. The van der Waals surface area contributed by atoms with Gasteiger partial charge in [0.25, 0.3) is 5.91 Å². The Morgan fingerprint density at radius 2 is 1.70 bits per heavy atom. The van der Waals surface area contributed by atoms with Crippen molar-refractivity contribution in [3.05, 3.63) is 113 Å². The first-order valence-electron chi connectivity index (χ1n) is 21.9. The van der Waals surface area contributed by atoms with Crippen LogP contribution in [0.1, 0.15) is 84.8 Å². The van der Waals surface area contributed by atoms with Crippen LogP contribution in [0.3, 0.4) is 0 Å². The minimum absolute atomic E-state index is 0.0224. The number of benzene rings is 4. The largest absolute Gasteiger partial charge is 0.508 e. The first-order valence-corrected chi connectivity index (χ1v) is 21.9. The fourth-order valence-corrected chi connectivity index (χ4v) is 10.8. The minimum Gasteiger partial charge on any atom is -0.508 e. The lowest BCUT2D eigenvalue weighted by molar-refractivity contribution is -0.125. The maximum absolute atomic E-state index is 13.3. The number of anilines is 2. The third-order valence-corrected chi connectivity index (χ3v) is 14.0. The van der Waals surface area contributed by atoms with Crippen molar-refractivity contribution in [2.75, 3.05) is 62.3 Å². The molecule has 1 unspecified atom stereocenters. The number of amides is 3. The Hall–Kier alpha value is -5.55. The monoisotopic (exact) mass is 811 g/mol. The quantitative estimate of drug-likeness (QED) is 0.173. The number of carbonyl (C=O) groups excluding carboxylic acids is 3. The summed E-state index contributed by atoms with van der Waals surface area (Å²) in [4.78, 5) is 45.3. The van der Waals surface area contributed by atoms with E-state index in [0.717, 1.165) is 79.9 Å². The minimum atomic E-state index is -0.328. The Bertz CT molecular complexity index is 2140. The average Bonchev–Trinajstić information content (AvgIpc) is 3.62. The predicted molar refractivity (Wildman–Crippen MR) is 232 cm³/mol. The zero-order chi connectivity index (χ0) is 41.2. The molecule has 5 heterocycles. The molecule has 0 aromatic heterocycles. The topological polar surface area (TPSA) is 115 Å². The van der Waals surface area contributed by atoms with E-state index in [2.05, 4.69) is 50.3 Å². The van der Waals surface area contributed by atoms with Crippen LogP contribution >= 0.6 is 0 Å². The van der Waals surface area contributed by atoms with Gasteiger partial charge in [0.2, 0.25) is 12.3 Å². The summed E-state index contributed by atoms with van der Waals surface area (Å²) in [6.45, 7) is 10.1. The third-order valence-electron chi connectivity index (χ3n) is 14.0. The summed E-state index contributed by atoms with van der Waals surface area (Å²) in [6, 6.07) is 30.8. The summed E-state index contributed by atoms with van der Waals surface area (Å²) in [6.07, 6.45) is 7.23. The zero-order valence-electron chi connectivity index (χ0n) is 34.6. The van der Waals surface area contributed by atoms with Crippen LogP contribution in [0.15, 0.2) is 91.0 Å². The summed E-state index contributed by atoms with van der Waals surface area (Å²) in [5.41, 5.74) is 7.02. The fourth-order valence-electron chi connectivity index (χ4n) is 10.8. The highest BCUT2D eigenvalue weighted by Gasteiger charge is 2.47. The van der Waals surface area contributed by atoms with Gasteiger partial charge >= 0.3 is 0 Å². The van der Waals surface area contributed by atoms with Gasteiger partial charge in [-0.3, -0.25) is 24.6 Å². The molecule has 2 saturated heterocycles. The number of piperidine rings is 1. The second-order valence-corrected chi connectivity index (χ2v) is 17.8. The molecular weight excluding hydrogens is 755 g/mol. The lowest BCUT2D eigenvalue weighted by Crippen LogP contribution is -2.59. The van der Waals surface area contributed by atoms with Crippen LogP contribution in [-0.2, 0) is 16.1 Å². The van der Waals surface area contributed by atoms with E-state index in [9.17, 15) is 19.5 Å². The Kier molecular flexibility index (Phi) is 11.4. The SMILES string of the molecule is C[C@@H](CCC(=O)NC=O)N1Cc2c(ccc3c2OCC2CN(CC4CC5(CCN(c6ccc([C@H]7CCOc8cc(O)ccc87)cc6)CC5)C4)CCN32)C1=O.c1ccccc1. The van der Waals surface area contributed by atoms with E-state index in [0.29, 0.717) is 55.5 Å². The molecule has 4 aromatic rings. The van der Waals surface area contributed by atoms with Crippen LogP contribution in [0.4, 0.5) is 11.4 Å². The number of carbonyl (C=O) groups is 3. The van der Waals surface area contributed by atoms with E-state index < -0.39 is 0 Å². The van der Waals surface area contributed by atoms with Crippen molar-refractivity contribution in [1.29, 1.82) is 0 Å². The number of hydrogen-bond donors (Lipinski definition) is 2. The first-order chi connectivity index (χ1) is 29.3. The van der Waals surface area contributed by atoms with Gasteiger partial charge in [0, 0.05) is 86.1 Å². The standard InChI is InChI=1S/C43H51N5O6.C6H6/c1-28(2-11-40(51)44-27-49)48-25-37-36(42(48)52)9-10-38-41(37)54-26-32-24-45(17-18-47(32)38)23-29-21-43(22-29)13-15-46(16-14-43)31-5-3-30(4-6-31)34-12-19-53-39-20-33(50)7-8-35(34)39;1-2-4-6-5-3-1/h3-10,20,27-29,32,34,50H,2,11-19,21-26H2,1H3,(H,44,49,51);1-6H/t28-,32?,34+;/m0./s1. The van der Waals surface area contributed by atoms with Crippen LogP contribution in [0.2, 0.25) is 0 Å². The molecule has 1 saturated carbocycles. The van der Waals surface area contributed by atoms with E-state index in [1.54, 1.807) is 12.1 Å². The number of nitrogens with zero attached hydrogens (tertiary/aromatic N) is 4. The van der Waals surface area contributed by atoms with E-state index in [4.69, 9.17) is 9.47 Å². The van der Waals surface area contributed by atoms with Crippen molar-refractivity contribution < 1.29 is 29.0 Å². The highest BCUT2D eigenvalue weighted by Crippen LogP contribution is 2.53. The van der Waals surface area contributed by atoms with Crippen LogP contribution in [-0.4, -0.2) is 97.7 Å². The number of fused-ring (bicyclic) bond motifs is 6. The van der Waals surface area contributed by atoms with Gasteiger partial charge in [0.15, 0.2) is 0 Å². The molecule has 60 heavy (non-hydrogen) atoms. The van der Waals surface area contributed by atoms with E-state index in [1.807, 2.05) is 60.4 Å². The number of imide groups is 1. The maximum Gasteiger partial charge on any atom is 0.254 e. The van der Waals surface area contributed by atoms with Gasteiger partial charge in [-0.25, -0.2) is 0 Å². The predicted octanol–water partition coefficient (Wildman–Crippen LogP) is 6.97. The van der Waals surface area contributed by atoms with Gasteiger partial charge in [0.1, 0.15) is 23.9 Å². The Morgan fingerprint density at radius 3 is 2.43 bits per heavy atom. The Labute approximate surface area is 353 Å². The van der Waals surface area contributed by atoms with Gasteiger partial charge in [-0.15, -0.1) is 0 Å². The first kappa shape index (κ1) is 39.9. The number of phenolic OH excluding ortho intramolecular Hbond substituents is 1. The molecule has 1 spiro atoms. The summed E-state index contributed by atoms with van der Waals surface area (Å²) in [5.74, 6) is 2.59. The van der Waals surface area contributed by atoms with Crippen LogP contribution in [0, 0.1) is 11.3 Å². The molecule has 0 bridgehead atoms. The van der Waals surface area contributed by atoms with Crippen molar-refractivity contribution in [2.45, 2.75) is 76.4 Å². The number of ether oxygens (including phenoxy) is 2. The number of phenols is 1. The maximum atomic E-state index is 13.3. The average molecular weight is 812 g/mol. The van der Waals surface area contributed by atoms with Crippen molar-refractivity contribution in [3.8, 4) is 17.2 Å². The molecule has 2 N–H and O–H groups in total. The van der Waals surface area contributed by atoms with Crippen molar-refractivity contribution in [2.24, 2.45) is 11.3 Å². The van der Waals surface area contributed by atoms with E-state index in [1.165, 1.54) is 36.9 Å². The molecular formula is C49H57N5O6. The van der Waals surface area contributed by atoms with Crippen LogP contribution in [0.25, 0.3) is 0 Å². The van der Waals surface area contributed by atoms with Crippen LogP contribution in [0.5, 0.6) is 17.2 Å². The molecule has 11 nitrogen and oxygen atoms in total. The molecule has 3 atom stereocenters. The van der Waals surface area contributed by atoms with Crippen molar-refractivity contribution in [3.63, 3.8) is 0 Å². The third kappa shape index (κ3) is 8.16. The van der Waals surface area contributed by atoms with Gasteiger partial charge < -0.3 is 29.3 Å². The molecule has 3 amide bonds. The molecule has 11 heteroatoms. The molecule has 5 aliphatic heterocycles. The van der Waals surface area contributed by atoms with Crippen LogP contribution < -0.4 is 24.6 Å². The molecule has 3 fully saturated rings. The van der Waals surface area contributed by atoms with Gasteiger partial charge in [-0.05, 0) is 92.7 Å². The van der Waals surface area contributed by atoms with E-state index in [-0.39, 0.29) is 30.0 Å². The Balaban J connectivity index is 0.000000710. The van der Waals surface area contributed by atoms with E-state index >= 15 is 0 Å². The van der Waals surface area contributed by atoms with Gasteiger partial charge in [0.05, 0.1) is 24.9 Å². The van der Waals surface area contributed by atoms with Gasteiger partial charge in [-0.1, -0.05) is 54.6 Å². The Morgan fingerprint density at radius 1 is 0.950 bits per heavy atom. The van der Waals surface area contributed by atoms with Crippen molar-refractivity contribution >= 4 is 29.6 Å². The normalized spacial score (nSPS) is 22.1.